The summed E-state index contributed by atoms with van der Waals surface area (Å²) in [6.45, 7) is 0. The van der Waals surface area contributed by atoms with Gasteiger partial charge >= 0.3 is 5.97 Å². The number of carboxylic acids is 1. The van der Waals surface area contributed by atoms with E-state index in [2.05, 4.69) is 21.2 Å². The number of carboxylic acid groups (broad SMARTS) is 1. The number of halogens is 1. The fourth-order valence-electron chi connectivity index (χ4n) is 1.28. The molecule has 1 unspecified atom stereocenters. The van der Waals surface area contributed by atoms with Crippen LogP contribution in [-0.4, -0.2) is 31.4 Å². The van der Waals surface area contributed by atoms with Crippen LogP contribution in [-0.2, 0) is 19.6 Å². The van der Waals surface area contributed by atoms with Crippen LogP contribution in [0.25, 0.3) is 0 Å². The molecule has 6 N–H and O–H groups in total. The first kappa shape index (κ1) is 16.6. The van der Waals surface area contributed by atoms with Crippen molar-refractivity contribution in [1.82, 2.24) is 0 Å². The number of amides is 1. The highest BCUT2D eigenvalue weighted by Crippen LogP contribution is 2.25. The van der Waals surface area contributed by atoms with Gasteiger partial charge in [-0.25, -0.2) is 13.6 Å². The lowest BCUT2D eigenvalue weighted by atomic mass is 10.2. The first-order valence-corrected chi connectivity index (χ1v) is 7.56. The summed E-state index contributed by atoms with van der Waals surface area (Å²) in [6.07, 6.45) is -0.515. The van der Waals surface area contributed by atoms with E-state index in [0.717, 1.165) is 0 Å². The number of rotatable bonds is 5. The molecule has 0 aromatic heterocycles. The Hall–Kier alpha value is -1.49. The highest BCUT2D eigenvalue weighted by atomic mass is 79.9. The Morgan fingerprint density at radius 1 is 1.40 bits per heavy atom. The number of hydrogen-bond donors (Lipinski definition) is 4. The summed E-state index contributed by atoms with van der Waals surface area (Å²) < 4.78 is 22.5. The summed E-state index contributed by atoms with van der Waals surface area (Å²) in [7, 11) is -3.85. The minimum Gasteiger partial charge on any atom is -0.481 e. The van der Waals surface area contributed by atoms with E-state index in [0.29, 0.717) is 0 Å². The second-order valence-corrected chi connectivity index (χ2v) is 6.30. The van der Waals surface area contributed by atoms with Gasteiger partial charge in [0.05, 0.1) is 23.0 Å². The van der Waals surface area contributed by atoms with Crippen molar-refractivity contribution in [2.75, 3.05) is 5.32 Å². The second-order valence-electron chi connectivity index (χ2n) is 3.88. The molecular weight excluding hydrogens is 354 g/mol. The smallest absolute Gasteiger partial charge is 0.305 e. The summed E-state index contributed by atoms with van der Waals surface area (Å²) in [4.78, 5) is 21.9. The molecule has 1 amide bonds. The fourth-order valence-corrected chi connectivity index (χ4v) is 2.45. The van der Waals surface area contributed by atoms with Crippen LogP contribution in [0.15, 0.2) is 27.6 Å². The number of sulfonamides is 1. The molecule has 8 nitrogen and oxygen atoms in total. The summed E-state index contributed by atoms with van der Waals surface area (Å²) in [5.41, 5.74) is 5.64. The Bertz CT molecular complexity index is 646. The number of nitrogens with two attached hydrogens (primary N) is 2. The normalized spacial score (nSPS) is 12.8. The van der Waals surface area contributed by atoms with E-state index in [-0.39, 0.29) is 15.1 Å². The van der Waals surface area contributed by atoms with Gasteiger partial charge in [-0.1, -0.05) is 0 Å². The van der Waals surface area contributed by atoms with E-state index < -0.39 is 34.4 Å². The quantitative estimate of drug-likeness (QED) is 0.568. The Kier molecular flexibility index (Phi) is 5.22. The Morgan fingerprint density at radius 2 is 2.00 bits per heavy atom. The first-order valence-electron chi connectivity index (χ1n) is 5.22. The van der Waals surface area contributed by atoms with E-state index in [1.807, 2.05) is 0 Å². The average molecular weight is 366 g/mol. The van der Waals surface area contributed by atoms with Crippen molar-refractivity contribution in [3.8, 4) is 0 Å². The van der Waals surface area contributed by atoms with Crippen LogP contribution in [0.4, 0.5) is 5.69 Å². The van der Waals surface area contributed by atoms with Crippen LogP contribution in [0.5, 0.6) is 0 Å². The van der Waals surface area contributed by atoms with Gasteiger partial charge in [0.2, 0.25) is 15.9 Å². The van der Waals surface area contributed by atoms with Crippen LogP contribution in [0, 0.1) is 0 Å². The van der Waals surface area contributed by atoms with Crippen LogP contribution in [0.1, 0.15) is 6.42 Å². The Balaban J connectivity index is 2.89. The molecule has 1 atom stereocenters. The molecule has 1 rings (SSSR count). The minimum absolute atomic E-state index is 0.128. The summed E-state index contributed by atoms with van der Waals surface area (Å²) >= 11 is 3.08. The molecule has 0 fully saturated rings. The zero-order valence-electron chi connectivity index (χ0n) is 10.0. The number of nitrogens with one attached hydrogen (secondary N) is 1. The predicted octanol–water partition coefficient (Wildman–Crippen LogP) is -0.163. The summed E-state index contributed by atoms with van der Waals surface area (Å²) in [6, 6.07) is 2.53. The maximum Gasteiger partial charge on any atom is 0.305 e. The molecule has 0 heterocycles. The van der Waals surface area contributed by atoms with Crippen LogP contribution in [0.2, 0.25) is 0 Å². The number of carbonyl (C=O) groups is 2. The molecule has 0 saturated heterocycles. The van der Waals surface area contributed by atoms with Gasteiger partial charge in [0, 0.05) is 4.47 Å². The molecule has 0 aliphatic rings. The van der Waals surface area contributed by atoms with Crippen LogP contribution in [0.3, 0.4) is 0 Å². The number of carbonyl (C=O) groups excluding carboxylic acids is 1. The lowest BCUT2D eigenvalue weighted by Crippen LogP contribution is -2.37. The van der Waals surface area contributed by atoms with Gasteiger partial charge in [-0.15, -0.1) is 0 Å². The van der Waals surface area contributed by atoms with E-state index in [1.54, 1.807) is 0 Å². The van der Waals surface area contributed by atoms with Crippen LogP contribution < -0.4 is 16.2 Å². The van der Waals surface area contributed by atoms with Crippen molar-refractivity contribution < 1.29 is 23.1 Å². The third kappa shape index (κ3) is 4.56. The third-order valence-corrected chi connectivity index (χ3v) is 3.83. The number of aliphatic carboxylic acids is 1. The van der Waals surface area contributed by atoms with Gasteiger partial charge in [-0.2, -0.15) is 0 Å². The zero-order chi connectivity index (χ0) is 15.5. The van der Waals surface area contributed by atoms with Crippen molar-refractivity contribution >= 4 is 43.5 Å². The monoisotopic (exact) mass is 365 g/mol. The molecule has 110 valence electrons. The van der Waals surface area contributed by atoms with Gasteiger partial charge in [0.1, 0.15) is 0 Å². The molecule has 10 heteroatoms. The van der Waals surface area contributed by atoms with Gasteiger partial charge in [0.25, 0.3) is 0 Å². The molecule has 0 radical (unpaired) electrons. The number of benzene rings is 1. The van der Waals surface area contributed by atoms with Crippen molar-refractivity contribution in [1.29, 1.82) is 0 Å². The van der Waals surface area contributed by atoms with E-state index in [9.17, 15) is 18.0 Å². The highest BCUT2D eigenvalue weighted by Gasteiger charge is 2.18. The number of primary sulfonamides is 1. The summed E-state index contributed by atoms with van der Waals surface area (Å²) in [5.74, 6) is -1.90. The second kappa shape index (κ2) is 6.31. The number of anilines is 1. The fraction of sp³-hybridized carbons (Fsp3) is 0.200. The van der Waals surface area contributed by atoms with Gasteiger partial charge in [-0.3, -0.25) is 9.59 Å². The van der Waals surface area contributed by atoms with Gasteiger partial charge < -0.3 is 16.2 Å². The standard InChI is InChI=1S/C10H12BrN3O5S/c11-6-3-5(20(13,18)19)1-2-8(6)14-10(17)7(12)4-9(15)16/h1-3,7H,4,12H2,(H,14,17)(H,15,16)(H2,13,18,19). The lowest BCUT2D eigenvalue weighted by Gasteiger charge is -2.12. The van der Waals surface area contributed by atoms with Crippen molar-refractivity contribution in [2.24, 2.45) is 10.9 Å². The maximum atomic E-state index is 11.6. The lowest BCUT2D eigenvalue weighted by molar-refractivity contribution is -0.138. The number of hydrogen-bond acceptors (Lipinski definition) is 5. The minimum atomic E-state index is -3.85. The summed E-state index contributed by atoms with van der Waals surface area (Å²) in [5, 5.41) is 15.9. The predicted molar refractivity (Wildman–Crippen MR) is 74.4 cm³/mol. The van der Waals surface area contributed by atoms with Gasteiger partial charge in [0.15, 0.2) is 0 Å². The molecule has 0 aliphatic heterocycles. The van der Waals surface area contributed by atoms with Crippen LogP contribution >= 0.6 is 15.9 Å². The molecule has 20 heavy (non-hydrogen) atoms. The maximum absolute atomic E-state index is 11.6. The largest absolute Gasteiger partial charge is 0.481 e. The van der Waals surface area contributed by atoms with Crippen molar-refractivity contribution in [3.05, 3.63) is 22.7 Å². The molecular formula is C10H12BrN3O5S. The topological polar surface area (TPSA) is 153 Å². The van der Waals surface area contributed by atoms with E-state index in [1.165, 1.54) is 18.2 Å². The molecule has 1 aromatic rings. The Morgan fingerprint density at radius 3 is 2.45 bits per heavy atom. The molecule has 1 aromatic carbocycles. The third-order valence-electron chi connectivity index (χ3n) is 2.26. The van der Waals surface area contributed by atoms with E-state index >= 15 is 0 Å². The van der Waals surface area contributed by atoms with E-state index in [4.69, 9.17) is 16.0 Å². The highest BCUT2D eigenvalue weighted by molar-refractivity contribution is 9.10. The zero-order valence-corrected chi connectivity index (χ0v) is 12.4. The Labute approximate surface area is 123 Å². The van der Waals surface area contributed by atoms with Crippen molar-refractivity contribution in [3.63, 3.8) is 0 Å². The van der Waals surface area contributed by atoms with Crippen molar-refractivity contribution in [2.45, 2.75) is 17.4 Å². The van der Waals surface area contributed by atoms with Gasteiger partial charge in [-0.05, 0) is 34.1 Å². The molecule has 0 aliphatic carbocycles. The SMILES string of the molecule is NC(CC(=O)O)C(=O)Nc1ccc(S(N)(=O)=O)cc1Br. The first-order chi connectivity index (χ1) is 9.11. The molecule has 0 spiro atoms. The average Bonchev–Trinajstić information content (AvgIpc) is 2.29. The molecule has 0 saturated carbocycles. The molecule has 0 bridgehead atoms.